The molecule has 0 unspecified atom stereocenters. The molecular formula is C14H26N2O2S2. The molecule has 0 fully saturated rings. The van der Waals surface area contributed by atoms with E-state index in [0.29, 0.717) is 12.8 Å². The first-order valence-corrected chi connectivity index (χ1v) is 8.12. The smallest absolute Gasteiger partial charge is 0.157 e. The maximum Gasteiger partial charge on any atom is 0.157 e. The number of ketones is 1. The molecule has 0 aromatic rings. The number of carbonyl (C=O) groups is 1. The predicted octanol–water partition coefficient (Wildman–Crippen LogP) is 3.22. The average molecular weight is 319 g/mol. The minimum absolute atomic E-state index is 0.0920. The van der Waals surface area contributed by atoms with Crippen molar-refractivity contribution in [2.24, 2.45) is 5.73 Å². The third-order valence-electron chi connectivity index (χ3n) is 2.93. The molecule has 0 spiro atoms. The van der Waals surface area contributed by atoms with Crippen LogP contribution in [0, 0.1) is 0 Å². The summed E-state index contributed by atoms with van der Waals surface area (Å²) in [5, 5.41) is 0. The van der Waals surface area contributed by atoms with Crippen molar-refractivity contribution in [3.05, 3.63) is 0 Å². The number of nitrogens with one attached hydrogen (secondary N) is 1. The predicted molar refractivity (Wildman–Crippen MR) is 90.7 cm³/mol. The van der Waals surface area contributed by atoms with Crippen LogP contribution in [0.1, 0.15) is 64.7 Å². The molecule has 20 heavy (non-hydrogen) atoms. The van der Waals surface area contributed by atoms with E-state index >= 15 is 0 Å². The lowest BCUT2D eigenvalue weighted by atomic mass is 10.1. The number of thiocarbonyl (C=S) groups is 2. The number of Topliss-reactive ketones (excluding diaryl/α,β-unsaturated/α-hetero) is 1. The summed E-state index contributed by atoms with van der Waals surface area (Å²) in [6.07, 6.45) is 9.55. The maximum absolute atomic E-state index is 11.6. The molecular weight excluding hydrogens is 292 g/mol. The van der Waals surface area contributed by atoms with E-state index in [1.54, 1.807) is 0 Å². The van der Waals surface area contributed by atoms with Crippen LogP contribution in [0.15, 0.2) is 0 Å². The molecule has 0 aliphatic heterocycles. The fourth-order valence-electron chi connectivity index (χ4n) is 1.74. The Morgan fingerprint density at radius 3 is 2.25 bits per heavy atom. The fourth-order valence-corrected chi connectivity index (χ4v) is 1.84. The molecule has 0 aliphatic carbocycles. The van der Waals surface area contributed by atoms with E-state index in [0.717, 1.165) is 12.8 Å². The number of hydrogen-bond donors (Lipinski definition) is 2. The van der Waals surface area contributed by atoms with E-state index in [9.17, 15) is 4.79 Å². The molecule has 0 rings (SSSR count). The van der Waals surface area contributed by atoms with Crippen molar-refractivity contribution < 1.29 is 9.63 Å². The molecule has 0 heterocycles. The fraction of sp³-hybridized carbons (Fsp3) is 0.786. The van der Waals surface area contributed by atoms with Crippen LogP contribution in [0.3, 0.4) is 0 Å². The van der Waals surface area contributed by atoms with Crippen LogP contribution in [0.5, 0.6) is 0 Å². The van der Waals surface area contributed by atoms with E-state index in [4.69, 9.17) is 22.8 Å². The Morgan fingerprint density at radius 1 is 1.05 bits per heavy atom. The Kier molecular flexibility index (Phi) is 13.0. The molecule has 4 nitrogen and oxygen atoms in total. The van der Waals surface area contributed by atoms with Crippen LogP contribution < -0.4 is 11.2 Å². The number of hydroxylamine groups is 1. The van der Waals surface area contributed by atoms with E-state index in [1.807, 2.05) is 0 Å². The lowest BCUT2D eigenvalue weighted by Gasteiger charge is -2.06. The normalized spacial score (nSPS) is 10.2. The molecule has 0 amide bonds. The van der Waals surface area contributed by atoms with Gasteiger partial charge in [0.15, 0.2) is 4.99 Å². The third kappa shape index (κ3) is 12.4. The van der Waals surface area contributed by atoms with E-state index in [2.05, 4.69) is 24.6 Å². The lowest BCUT2D eigenvalue weighted by Crippen LogP contribution is -2.33. The third-order valence-corrected chi connectivity index (χ3v) is 3.57. The second-order valence-electron chi connectivity index (χ2n) is 4.80. The van der Waals surface area contributed by atoms with E-state index < -0.39 is 0 Å². The highest BCUT2D eigenvalue weighted by Crippen LogP contribution is 2.09. The Balaban J connectivity index is 3.33. The zero-order chi connectivity index (χ0) is 15.2. The van der Waals surface area contributed by atoms with Gasteiger partial charge < -0.3 is 5.73 Å². The van der Waals surface area contributed by atoms with Gasteiger partial charge >= 0.3 is 0 Å². The van der Waals surface area contributed by atoms with Gasteiger partial charge in [0.05, 0.1) is 6.61 Å². The van der Waals surface area contributed by atoms with Crippen LogP contribution >= 0.6 is 24.4 Å². The highest BCUT2D eigenvalue weighted by Gasteiger charge is 2.03. The van der Waals surface area contributed by atoms with Crippen molar-refractivity contribution in [3.8, 4) is 0 Å². The van der Waals surface area contributed by atoms with Gasteiger partial charge in [-0.05, 0) is 6.42 Å². The molecule has 0 aliphatic rings. The quantitative estimate of drug-likeness (QED) is 0.327. The summed E-state index contributed by atoms with van der Waals surface area (Å²) in [6, 6.07) is 0. The van der Waals surface area contributed by atoms with Gasteiger partial charge in [-0.25, -0.2) is 0 Å². The minimum atomic E-state index is 0.0920. The zero-order valence-corrected chi connectivity index (χ0v) is 13.9. The molecule has 0 saturated carbocycles. The van der Waals surface area contributed by atoms with Crippen LogP contribution in [-0.4, -0.2) is 22.4 Å². The number of unbranched alkanes of at least 4 members (excludes halogenated alkanes) is 6. The molecule has 0 aromatic heterocycles. The van der Waals surface area contributed by atoms with Gasteiger partial charge in [-0.2, -0.15) is 0 Å². The molecule has 0 saturated heterocycles. The Hall–Kier alpha value is -0.590. The Morgan fingerprint density at radius 2 is 1.65 bits per heavy atom. The van der Waals surface area contributed by atoms with Crippen LogP contribution in [0.4, 0.5) is 0 Å². The number of carbonyl (C=O) groups excluding carboxylic acids is 1. The summed E-state index contributed by atoms with van der Waals surface area (Å²) in [5.74, 6) is 0.224. The van der Waals surface area contributed by atoms with Crippen LogP contribution in [0.25, 0.3) is 0 Å². The summed E-state index contributed by atoms with van der Waals surface area (Å²) >= 11 is 9.45. The van der Waals surface area contributed by atoms with Gasteiger partial charge in [0.25, 0.3) is 0 Å². The summed E-state index contributed by atoms with van der Waals surface area (Å²) in [6.45, 7) is 2.50. The SMILES string of the molecule is CCCCCCCCCC(=O)CCONC(=S)C(N)=S. The first kappa shape index (κ1) is 19.4. The monoisotopic (exact) mass is 318 g/mol. The van der Waals surface area contributed by atoms with E-state index in [-0.39, 0.29) is 22.4 Å². The van der Waals surface area contributed by atoms with Crippen molar-refractivity contribution in [2.45, 2.75) is 64.7 Å². The first-order chi connectivity index (χ1) is 9.57. The molecule has 0 aromatic carbocycles. The van der Waals surface area contributed by atoms with Crippen molar-refractivity contribution in [1.82, 2.24) is 5.48 Å². The maximum atomic E-state index is 11.6. The van der Waals surface area contributed by atoms with Crippen molar-refractivity contribution in [3.63, 3.8) is 0 Å². The van der Waals surface area contributed by atoms with Crippen molar-refractivity contribution in [1.29, 1.82) is 0 Å². The topological polar surface area (TPSA) is 64.3 Å². The highest BCUT2D eigenvalue weighted by atomic mass is 32.1. The summed E-state index contributed by atoms with van der Waals surface area (Å²) in [5.41, 5.74) is 7.73. The molecule has 116 valence electrons. The minimum Gasteiger partial charge on any atom is -0.387 e. The van der Waals surface area contributed by atoms with Crippen LogP contribution in [-0.2, 0) is 9.63 Å². The van der Waals surface area contributed by atoms with Gasteiger partial charge in [0.2, 0.25) is 0 Å². The Labute approximate surface area is 132 Å². The molecule has 0 bridgehead atoms. The zero-order valence-electron chi connectivity index (χ0n) is 12.3. The lowest BCUT2D eigenvalue weighted by molar-refractivity contribution is -0.120. The standard InChI is InChI=1S/C14H26N2O2S2/c1-2-3-4-5-6-7-8-9-12(17)10-11-18-16-14(20)13(15)19/h2-11H2,1H3,(H2,15,19)(H,16,20). The molecule has 3 N–H and O–H groups in total. The number of rotatable bonds is 12. The summed E-state index contributed by atoms with van der Waals surface area (Å²) in [4.78, 5) is 16.9. The Bertz CT molecular complexity index is 310. The van der Waals surface area contributed by atoms with E-state index in [1.165, 1.54) is 32.1 Å². The number of nitrogens with two attached hydrogens (primary N) is 1. The van der Waals surface area contributed by atoms with Gasteiger partial charge in [-0.3, -0.25) is 15.1 Å². The molecule has 0 atom stereocenters. The van der Waals surface area contributed by atoms with Gasteiger partial charge in [-0.1, -0.05) is 69.9 Å². The largest absolute Gasteiger partial charge is 0.387 e. The van der Waals surface area contributed by atoms with Gasteiger partial charge in [0, 0.05) is 12.8 Å². The van der Waals surface area contributed by atoms with Crippen molar-refractivity contribution in [2.75, 3.05) is 6.61 Å². The summed E-state index contributed by atoms with van der Waals surface area (Å²) in [7, 11) is 0. The average Bonchev–Trinajstić information content (AvgIpc) is 2.42. The summed E-state index contributed by atoms with van der Waals surface area (Å²) < 4.78 is 0. The van der Waals surface area contributed by atoms with Crippen molar-refractivity contribution >= 4 is 40.2 Å². The van der Waals surface area contributed by atoms with Gasteiger partial charge in [0.1, 0.15) is 10.8 Å². The van der Waals surface area contributed by atoms with Crippen LogP contribution in [0.2, 0.25) is 0 Å². The molecule has 6 heteroatoms. The van der Waals surface area contributed by atoms with Gasteiger partial charge in [-0.15, -0.1) is 0 Å². The number of hydrogen-bond acceptors (Lipinski definition) is 4. The highest BCUT2D eigenvalue weighted by molar-refractivity contribution is 7.89. The first-order valence-electron chi connectivity index (χ1n) is 7.31. The second-order valence-corrected chi connectivity index (χ2v) is 5.65. The molecule has 0 radical (unpaired) electrons. The second kappa shape index (κ2) is 13.4.